The fourth-order valence-corrected chi connectivity index (χ4v) is 0.752. The molecule has 0 unspecified atom stereocenters. The van der Waals surface area contributed by atoms with Crippen molar-refractivity contribution in [1.29, 1.82) is 0 Å². The minimum atomic E-state index is -1.03. The number of hydrogen-bond donors (Lipinski definition) is 2. The third kappa shape index (κ3) is 2.17. The molecule has 0 radical (unpaired) electrons. The summed E-state index contributed by atoms with van der Waals surface area (Å²) < 4.78 is 5.00. The van der Waals surface area contributed by atoms with Crippen molar-refractivity contribution in [2.75, 3.05) is 7.11 Å². The zero-order valence-corrected chi connectivity index (χ0v) is 7.13. The summed E-state index contributed by atoms with van der Waals surface area (Å²) in [5.41, 5.74) is 4.63. The van der Waals surface area contributed by atoms with Gasteiger partial charge in [0.2, 0.25) is 0 Å². The second-order valence-electron chi connectivity index (χ2n) is 2.69. The van der Waals surface area contributed by atoms with Gasteiger partial charge in [0.15, 0.2) is 0 Å². The average molecular weight is 161 g/mol. The summed E-state index contributed by atoms with van der Waals surface area (Å²) in [6.45, 7) is 3.53. The number of nitrogens with two attached hydrogens (primary N) is 1. The fraction of sp³-hybridized carbons (Fsp3) is 0.857. The Morgan fingerprint density at radius 1 is 1.82 bits per heavy atom. The monoisotopic (exact) mass is 161 g/mol. The van der Waals surface area contributed by atoms with Crippen LogP contribution in [0.5, 0.6) is 0 Å². The van der Waals surface area contributed by atoms with Crippen LogP contribution in [0.15, 0.2) is 0 Å². The minimum absolute atomic E-state index is 0.580. The van der Waals surface area contributed by atoms with Gasteiger partial charge in [0.25, 0.3) is 0 Å². The van der Waals surface area contributed by atoms with Crippen molar-refractivity contribution in [2.24, 2.45) is 5.73 Å². The van der Waals surface area contributed by atoms with Crippen LogP contribution in [-0.2, 0) is 9.53 Å². The number of ether oxygens (including phenoxy) is 1. The van der Waals surface area contributed by atoms with Crippen LogP contribution in [0.1, 0.15) is 20.3 Å². The van der Waals surface area contributed by atoms with Gasteiger partial charge in [0.1, 0.15) is 6.04 Å². The number of hydrogen-bond acceptors (Lipinski definition) is 3. The van der Waals surface area contributed by atoms with Crippen molar-refractivity contribution in [2.45, 2.75) is 31.9 Å². The molecule has 0 aliphatic rings. The minimum Gasteiger partial charge on any atom is -0.480 e. The van der Waals surface area contributed by atoms with Crippen LogP contribution < -0.4 is 5.73 Å². The second kappa shape index (κ2) is 3.69. The topological polar surface area (TPSA) is 72.5 Å². The summed E-state index contributed by atoms with van der Waals surface area (Å²) >= 11 is 0. The molecule has 3 N–H and O–H groups in total. The first-order valence-electron chi connectivity index (χ1n) is 3.51. The molecular formula is C7H15NO3. The number of carbonyl (C=O) groups is 1. The number of carboxylic acids is 1. The summed E-state index contributed by atoms with van der Waals surface area (Å²) in [6, 6.07) is -0.961. The van der Waals surface area contributed by atoms with Crippen molar-refractivity contribution in [3.63, 3.8) is 0 Å². The van der Waals surface area contributed by atoms with Gasteiger partial charge in [0.05, 0.1) is 5.60 Å². The molecule has 0 aromatic carbocycles. The SMILES string of the molecule is CC[C@](C)(OC)[C@@H](N)C(=O)O. The normalized spacial score (nSPS) is 18.9. The second-order valence-corrected chi connectivity index (χ2v) is 2.69. The van der Waals surface area contributed by atoms with Crippen LogP contribution in [0, 0.1) is 0 Å². The maximum atomic E-state index is 10.5. The van der Waals surface area contributed by atoms with Crippen LogP contribution in [0.25, 0.3) is 0 Å². The van der Waals surface area contributed by atoms with Crippen LogP contribution in [0.2, 0.25) is 0 Å². The van der Waals surface area contributed by atoms with E-state index >= 15 is 0 Å². The van der Waals surface area contributed by atoms with Gasteiger partial charge >= 0.3 is 5.97 Å². The van der Waals surface area contributed by atoms with Crippen molar-refractivity contribution >= 4 is 5.97 Å². The highest BCUT2D eigenvalue weighted by molar-refractivity contribution is 5.74. The molecule has 0 heterocycles. The third-order valence-corrected chi connectivity index (χ3v) is 2.09. The Balaban J connectivity index is 4.36. The molecule has 0 aliphatic heterocycles. The summed E-state index contributed by atoms with van der Waals surface area (Å²) in [5.74, 6) is -1.03. The Morgan fingerprint density at radius 3 is 2.36 bits per heavy atom. The maximum absolute atomic E-state index is 10.5. The zero-order valence-electron chi connectivity index (χ0n) is 7.13. The van der Waals surface area contributed by atoms with E-state index in [2.05, 4.69) is 0 Å². The lowest BCUT2D eigenvalue weighted by molar-refractivity contribution is -0.146. The summed E-state index contributed by atoms with van der Waals surface area (Å²) in [7, 11) is 1.46. The van der Waals surface area contributed by atoms with E-state index in [0.717, 1.165) is 0 Å². The predicted octanol–water partition coefficient (Wildman–Crippen LogP) is 0.213. The Kier molecular flexibility index (Phi) is 3.48. The van der Waals surface area contributed by atoms with Gasteiger partial charge in [-0.3, -0.25) is 4.79 Å². The molecule has 66 valence electrons. The quantitative estimate of drug-likeness (QED) is 0.618. The van der Waals surface area contributed by atoms with Crippen molar-refractivity contribution in [1.82, 2.24) is 0 Å². The van der Waals surface area contributed by atoms with Crippen LogP contribution in [-0.4, -0.2) is 29.8 Å². The molecule has 0 rings (SSSR count). The highest BCUT2D eigenvalue weighted by atomic mass is 16.5. The van der Waals surface area contributed by atoms with E-state index in [0.29, 0.717) is 6.42 Å². The lowest BCUT2D eigenvalue weighted by atomic mass is 9.94. The van der Waals surface area contributed by atoms with Crippen LogP contribution >= 0.6 is 0 Å². The first-order chi connectivity index (χ1) is 4.98. The van der Waals surface area contributed by atoms with Gasteiger partial charge in [-0.05, 0) is 13.3 Å². The molecule has 0 aliphatic carbocycles. The lowest BCUT2D eigenvalue weighted by Gasteiger charge is -2.30. The van der Waals surface area contributed by atoms with E-state index < -0.39 is 17.6 Å². The zero-order chi connectivity index (χ0) is 9.07. The van der Waals surface area contributed by atoms with E-state index in [1.807, 2.05) is 6.92 Å². The van der Waals surface area contributed by atoms with E-state index in [4.69, 9.17) is 15.6 Å². The third-order valence-electron chi connectivity index (χ3n) is 2.09. The van der Waals surface area contributed by atoms with Crippen LogP contribution in [0.3, 0.4) is 0 Å². The molecule has 4 nitrogen and oxygen atoms in total. The van der Waals surface area contributed by atoms with E-state index in [-0.39, 0.29) is 0 Å². The summed E-state index contributed by atoms with van der Waals surface area (Å²) in [5, 5.41) is 8.57. The number of aliphatic carboxylic acids is 1. The van der Waals surface area contributed by atoms with Gasteiger partial charge in [-0.1, -0.05) is 6.92 Å². The van der Waals surface area contributed by atoms with Gasteiger partial charge in [0, 0.05) is 7.11 Å². The molecule has 0 aromatic rings. The van der Waals surface area contributed by atoms with Crippen molar-refractivity contribution in [3.05, 3.63) is 0 Å². The highest BCUT2D eigenvalue weighted by Gasteiger charge is 2.34. The highest BCUT2D eigenvalue weighted by Crippen LogP contribution is 2.17. The predicted molar refractivity (Wildman–Crippen MR) is 41.3 cm³/mol. The average Bonchev–Trinajstić information content (AvgIpc) is 2.01. The number of carboxylic acid groups (broad SMARTS) is 1. The van der Waals surface area contributed by atoms with Crippen LogP contribution in [0.4, 0.5) is 0 Å². The van der Waals surface area contributed by atoms with Gasteiger partial charge in [-0.15, -0.1) is 0 Å². The lowest BCUT2D eigenvalue weighted by Crippen LogP contribution is -2.51. The number of rotatable bonds is 4. The van der Waals surface area contributed by atoms with E-state index in [1.165, 1.54) is 7.11 Å². The molecule has 4 heteroatoms. The molecule has 0 spiro atoms. The van der Waals surface area contributed by atoms with Gasteiger partial charge in [-0.25, -0.2) is 0 Å². The molecule has 0 saturated carbocycles. The molecule has 0 saturated heterocycles. The molecular weight excluding hydrogens is 146 g/mol. The Hall–Kier alpha value is -0.610. The smallest absolute Gasteiger partial charge is 0.323 e. The molecule has 0 bridgehead atoms. The molecule has 0 aromatic heterocycles. The Bertz CT molecular complexity index is 143. The van der Waals surface area contributed by atoms with Crippen molar-refractivity contribution < 1.29 is 14.6 Å². The van der Waals surface area contributed by atoms with Crippen molar-refractivity contribution in [3.8, 4) is 0 Å². The standard InChI is InChI=1S/C7H15NO3/c1-4-7(2,11-3)5(8)6(9)10/h5H,4,8H2,1-3H3,(H,9,10)/t5-,7-/m0/s1. The molecule has 0 fully saturated rings. The first-order valence-corrected chi connectivity index (χ1v) is 3.51. The van der Waals surface area contributed by atoms with Gasteiger partial charge < -0.3 is 15.6 Å². The number of methoxy groups -OCH3 is 1. The summed E-state index contributed by atoms with van der Waals surface area (Å²) in [6.07, 6.45) is 0.580. The molecule has 11 heavy (non-hydrogen) atoms. The fourth-order valence-electron chi connectivity index (χ4n) is 0.752. The largest absolute Gasteiger partial charge is 0.480 e. The molecule has 0 amide bonds. The maximum Gasteiger partial charge on any atom is 0.323 e. The molecule has 2 atom stereocenters. The first kappa shape index (κ1) is 10.4. The van der Waals surface area contributed by atoms with Gasteiger partial charge in [-0.2, -0.15) is 0 Å². The van der Waals surface area contributed by atoms with E-state index in [9.17, 15) is 4.79 Å². The Labute approximate surface area is 66.3 Å². The van der Waals surface area contributed by atoms with E-state index in [1.54, 1.807) is 6.92 Å². The Morgan fingerprint density at radius 2 is 2.27 bits per heavy atom. The summed E-state index contributed by atoms with van der Waals surface area (Å²) in [4.78, 5) is 10.5.